The number of hydrogen-bond acceptors (Lipinski definition) is 5. The van der Waals surface area contributed by atoms with Crippen LogP contribution in [0, 0.1) is 0 Å². The molecule has 1 unspecified atom stereocenters. The molecule has 24 heavy (non-hydrogen) atoms. The first-order chi connectivity index (χ1) is 11.7. The number of morpholine rings is 1. The van der Waals surface area contributed by atoms with Gasteiger partial charge in [-0.2, -0.15) is 0 Å². The van der Waals surface area contributed by atoms with Crippen LogP contribution in [0.2, 0.25) is 0 Å². The average molecular weight is 336 g/mol. The summed E-state index contributed by atoms with van der Waals surface area (Å²) in [6.07, 6.45) is 1.21. The summed E-state index contributed by atoms with van der Waals surface area (Å²) in [4.78, 5) is 12.0. The van der Waals surface area contributed by atoms with Crippen molar-refractivity contribution in [1.29, 1.82) is 0 Å². The van der Waals surface area contributed by atoms with E-state index in [1.165, 1.54) is 0 Å². The van der Waals surface area contributed by atoms with Gasteiger partial charge < -0.3 is 24.8 Å². The van der Waals surface area contributed by atoms with E-state index >= 15 is 0 Å². The lowest BCUT2D eigenvalue weighted by Gasteiger charge is -2.23. The van der Waals surface area contributed by atoms with Gasteiger partial charge in [0.1, 0.15) is 0 Å². The minimum atomic E-state index is 0.0500. The van der Waals surface area contributed by atoms with E-state index in [2.05, 4.69) is 10.6 Å². The van der Waals surface area contributed by atoms with Crippen molar-refractivity contribution in [2.75, 3.05) is 39.5 Å². The Morgan fingerprint density at radius 3 is 2.79 bits per heavy atom. The molecule has 0 aliphatic carbocycles. The Hall–Kier alpha value is -1.79. The number of nitrogens with one attached hydrogen (secondary N) is 2. The Balaban J connectivity index is 1.78. The molecule has 1 amide bonds. The standard InChI is InChI=1S/C18H28N2O4/c1-3-23-16-6-5-14(11-17(16)24-4-2)7-8-20-18(21)12-15-13-22-10-9-19-15/h5-6,11,15,19H,3-4,7-10,12-13H2,1-2H3,(H,20,21). The molecule has 2 N–H and O–H groups in total. The summed E-state index contributed by atoms with van der Waals surface area (Å²) in [6.45, 7) is 7.83. The monoisotopic (exact) mass is 336 g/mol. The zero-order valence-corrected chi connectivity index (χ0v) is 14.6. The van der Waals surface area contributed by atoms with Crippen LogP contribution in [0.1, 0.15) is 25.8 Å². The molecule has 0 radical (unpaired) electrons. The fourth-order valence-corrected chi connectivity index (χ4v) is 2.64. The van der Waals surface area contributed by atoms with Gasteiger partial charge in [-0.1, -0.05) is 6.07 Å². The van der Waals surface area contributed by atoms with Crippen molar-refractivity contribution < 1.29 is 19.0 Å². The summed E-state index contributed by atoms with van der Waals surface area (Å²) in [6, 6.07) is 6.04. The van der Waals surface area contributed by atoms with Crippen LogP contribution in [0.25, 0.3) is 0 Å². The van der Waals surface area contributed by atoms with Crippen molar-refractivity contribution in [2.24, 2.45) is 0 Å². The molecule has 6 heteroatoms. The second-order valence-electron chi connectivity index (χ2n) is 5.68. The van der Waals surface area contributed by atoms with E-state index in [0.717, 1.165) is 36.6 Å². The zero-order valence-electron chi connectivity index (χ0n) is 14.6. The first-order valence-corrected chi connectivity index (χ1v) is 8.69. The number of ether oxygens (including phenoxy) is 3. The van der Waals surface area contributed by atoms with Crippen molar-refractivity contribution in [3.05, 3.63) is 23.8 Å². The van der Waals surface area contributed by atoms with Gasteiger partial charge in [0.05, 0.1) is 26.4 Å². The number of hydrogen-bond donors (Lipinski definition) is 2. The Morgan fingerprint density at radius 2 is 2.08 bits per heavy atom. The zero-order chi connectivity index (χ0) is 17.2. The fourth-order valence-electron chi connectivity index (χ4n) is 2.64. The molecule has 1 aromatic carbocycles. The number of amides is 1. The summed E-state index contributed by atoms with van der Waals surface area (Å²) in [5.74, 6) is 1.57. The molecule has 1 atom stereocenters. The molecule has 0 aromatic heterocycles. The quantitative estimate of drug-likeness (QED) is 0.716. The van der Waals surface area contributed by atoms with Crippen LogP contribution >= 0.6 is 0 Å². The van der Waals surface area contributed by atoms with Crippen LogP contribution in [-0.4, -0.2) is 51.5 Å². The van der Waals surface area contributed by atoms with E-state index in [1.54, 1.807) is 0 Å². The number of carbonyl (C=O) groups excluding carboxylic acids is 1. The maximum Gasteiger partial charge on any atom is 0.221 e. The minimum absolute atomic E-state index is 0.0500. The predicted molar refractivity (Wildman–Crippen MR) is 92.7 cm³/mol. The van der Waals surface area contributed by atoms with Gasteiger partial charge in [-0.15, -0.1) is 0 Å². The number of benzene rings is 1. The van der Waals surface area contributed by atoms with Gasteiger partial charge in [-0.25, -0.2) is 0 Å². The number of carbonyl (C=O) groups is 1. The minimum Gasteiger partial charge on any atom is -0.490 e. The smallest absolute Gasteiger partial charge is 0.221 e. The van der Waals surface area contributed by atoms with Crippen molar-refractivity contribution in [3.63, 3.8) is 0 Å². The maximum atomic E-state index is 12.0. The molecule has 0 saturated carbocycles. The van der Waals surface area contributed by atoms with Gasteiger partial charge in [0.15, 0.2) is 11.5 Å². The van der Waals surface area contributed by atoms with Crippen molar-refractivity contribution in [1.82, 2.24) is 10.6 Å². The molecule has 2 rings (SSSR count). The highest BCUT2D eigenvalue weighted by molar-refractivity contribution is 5.76. The Kier molecular flexibility index (Phi) is 7.85. The molecule has 0 spiro atoms. The first-order valence-electron chi connectivity index (χ1n) is 8.69. The van der Waals surface area contributed by atoms with Crippen molar-refractivity contribution in [2.45, 2.75) is 32.7 Å². The van der Waals surface area contributed by atoms with Gasteiger partial charge >= 0.3 is 0 Å². The summed E-state index contributed by atoms with van der Waals surface area (Å²) >= 11 is 0. The lowest BCUT2D eigenvalue weighted by atomic mass is 10.1. The Labute approximate surface area is 143 Å². The van der Waals surface area contributed by atoms with E-state index in [4.69, 9.17) is 14.2 Å². The van der Waals surface area contributed by atoms with Crippen LogP contribution in [0.5, 0.6) is 11.5 Å². The highest BCUT2D eigenvalue weighted by Gasteiger charge is 2.16. The highest BCUT2D eigenvalue weighted by atomic mass is 16.5. The molecule has 1 saturated heterocycles. The number of rotatable bonds is 9. The maximum absolute atomic E-state index is 12.0. The molecule has 6 nitrogen and oxygen atoms in total. The van der Waals surface area contributed by atoms with Crippen LogP contribution in [0.3, 0.4) is 0 Å². The van der Waals surface area contributed by atoms with Gasteiger partial charge in [-0.3, -0.25) is 4.79 Å². The molecular formula is C18H28N2O4. The van der Waals surface area contributed by atoms with Gasteiger partial charge in [0.25, 0.3) is 0 Å². The van der Waals surface area contributed by atoms with E-state index in [-0.39, 0.29) is 11.9 Å². The van der Waals surface area contributed by atoms with E-state index in [0.29, 0.717) is 32.8 Å². The van der Waals surface area contributed by atoms with Crippen molar-refractivity contribution in [3.8, 4) is 11.5 Å². The van der Waals surface area contributed by atoms with Gasteiger partial charge in [-0.05, 0) is 38.0 Å². The van der Waals surface area contributed by atoms with Gasteiger partial charge in [0, 0.05) is 25.6 Å². The molecule has 1 heterocycles. The lowest BCUT2D eigenvalue weighted by molar-refractivity contribution is -0.122. The summed E-state index contributed by atoms with van der Waals surface area (Å²) < 4.78 is 16.5. The summed E-state index contributed by atoms with van der Waals surface area (Å²) in [5, 5.41) is 6.24. The van der Waals surface area contributed by atoms with Crippen LogP contribution in [-0.2, 0) is 16.0 Å². The SMILES string of the molecule is CCOc1ccc(CCNC(=O)CC2COCCN2)cc1OCC. The lowest BCUT2D eigenvalue weighted by Crippen LogP contribution is -2.44. The molecule has 1 aliphatic rings. The molecular weight excluding hydrogens is 308 g/mol. The second kappa shape index (κ2) is 10.2. The topological polar surface area (TPSA) is 68.8 Å². The first kappa shape index (κ1) is 18.5. The fraction of sp³-hybridized carbons (Fsp3) is 0.611. The normalized spacial score (nSPS) is 17.3. The summed E-state index contributed by atoms with van der Waals surface area (Å²) in [7, 11) is 0. The largest absolute Gasteiger partial charge is 0.490 e. The van der Waals surface area contributed by atoms with Crippen LogP contribution < -0.4 is 20.1 Å². The molecule has 1 fully saturated rings. The van der Waals surface area contributed by atoms with E-state index in [1.807, 2.05) is 32.0 Å². The third-order valence-electron chi connectivity index (χ3n) is 3.77. The molecule has 134 valence electrons. The van der Waals surface area contributed by atoms with Gasteiger partial charge in [0.2, 0.25) is 5.91 Å². The third kappa shape index (κ3) is 6.02. The van der Waals surface area contributed by atoms with E-state index < -0.39 is 0 Å². The van der Waals surface area contributed by atoms with Crippen LogP contribution in [0.15, 0.2) is 18.2 Å². The van der Waals surface area contributed by atoms with Crippen LogP contribution in [0.4, 0.5) is 0 Å². The average Bonchev–Trinajstić information content (AvgIpc) is 2.58. The van der Waals surface area contributed by atoms with Crippen molar-refractivity contribution >= 4 is 5.91 Å². The Morgan fingerprint density at radius 1 is 1.29 bits per heavy atom. The second-order valence-corrected chi connectivity index (χ2v) is 5.68. The highest BCUT2D eigenvalue weighted by Crippen LogP contribution is 2.28. The Bertz CT molecular complexity index is 516. The summed E-state index contributed by atoms with van der Waals surface area (Å²) in [5.41, 5.74) is 1.11. The van der Waals surface area contributed by atoms with E-state index in [9.17, 15) is 4.79 Å². The molecule has 0 bridgehead atoms. The third-order valence-corrected chi connectivity index (χ3v) is 3.77. The molecule has 1 aromatic rings. The predicted octanol–water partition coefficient (Wildman–Crippen LogP) is 1.52. The molecule has 1 aliphatic heterocycles.